The number of ketones is 1. The molecule has 2 aromatic heterocycles. The lowest BCUT2D eigenvalue weighted by Gasteiger charge is -2.25. The third-order valence-electron chi connectivity index (χ3n) is 3.53. The fraction of sp³-hybridized carbons (Fsp3) is 0.467. The maximum absolute atomic E-state index is 11.9. The van der Waals surface area contributed by atoms with Crippen LogP contribution >= 0.6 is 22.7 Å². The van der Waals surface area contributed by atoms with Crippen molar-refractivity contribution in [3.05, 3.63) is 33.0 Å². The van der Waals surface area contributed by atoms with Gasteiger partial charge in [0, 0.05) is 22.2 Å². The van der Waals surface area contributed by atoms with E-state index in [1.807, 2.05) is 0 Å². The van der Waals surface area contributed by atoms with Gasteiger partial charge in [-0.25, -0.2) is 4.98 Å². The molecule has 3 nitrogen and oxygen atoms in total. The number of nitrogens with zero attached hydrogens (tertiary/aromatic N) is 2. The van der Waals surface area contributed by atoms with Gasteiger partial charge < -0.3 is 4.90 Å². The predicted molar refractivity (Wildman–Crippen MR) is 85.0 cm³/mol. The lowest BCUT2D eigenvalue weighted by Crippen LogP contribution is -2.29. The molecule has 1 aliphatic carbocycles. The zero-order valence-electron chi connectivity index (χ0n) is 11.8. The number of thiazole rings is 1. The third-order valence-corrected chi connectivity index (χ3v) is 5.55. The summed E-state index contributed by atoms with van der Waals surface area (Å²) >= 11 is 3.46. The Morgan fingerprint density at radius 2 is 2.25 bits per heavy atom. The molecule has 5 heteroatoms. The molecule has 0 saturated heterocycles. The van der Waals surface area contributed by atoms with Crippen molar-refractivity contribution < 1.29 is 4.79 Å². The number of hydrogen-bond donors (Lipinski definition) is 0. The van der Waals surface area contributed by atoms with Crippen LogP contribution in [0.2, 0.25) is 0 Å². The van der Waals surface area contributed by atoms with Crippen LogP contribution in [0, 0.1) is 0 Å². The summed E-state index contributed by atoms with van der Waals surface area (Å²) in [6.07, 6.45) is 2.63. The van der Waals surface area contributed by atoms with Gasteiger partial charge in [-0.1, -0.05) is 6.07 Å². The van der Waals surface area contributed by atoms with E-state index in [4.69, 9.17) is 0 Å². The van der Waals surface area contributed by atoms with Crippen molar-refractivity contribution in [1.82, 2.24) is 4.98 Å². The average molecular weight is 306 g/mol. The van der Waals surface area contributed by atoms with Crippen LogP contribution in [-0.4, -0.2) is 16.8 Å². The number of thiophene rings is 1. The van der Waals surface area contributed by atoms with Gasteiger partial charge in [-0.05, 0) is 38.1 Å². The van der Waals surface area contributed by atoms with Gasteiger partial charge in [-0.2, -0.15) is 0 Å². The van der Waals surface area contributed by atoms with Crippen molar-refractivity contribution >= 4 is 33.6 Å². The van der Waals surface area contributed by atoms with E-state index in [1.165, 1.54) is 9.75 Å². The van der Waals surface area contributed by atoms with E-state index >= 15 is 0 Å². The van der Waals surface area contributed by atoms with Gasteiger partial charge in [-0.3, -0.25) is 4.79 Å². The van der Waals surface area contributed by atoms with Crippen LogP contribution in [0.25, 0.3) is 0 Å². The Balaban J connectivity index is 1.90. The van der Waals surface area contributed by atoms with E-state index in [0.29, 0.717) is 12.5 Å². The van der Waals surface area contributed by atoms with Crippen molar-refractivity contribution in [1.29, 1.82) is 0 Å². The molecule has 3 rings (SSSR count). The van der Waals surface area contributed by atoms with E-state index in [-0.39, 0.29) is 5.78 Å². The second-order valence-corrected chi connectivity index (χ2v) is 7.44. The normalized spacial score (nSPS) is 14.7. The van der Waals surface area contributed by atoms with Gasteiger partial charge in [0.15, 0.2) is 10.9 Å². The number of Topliss-reactive ketones (excluding diaryl/α,β-unsaturated/α-hetero) is 1. The molecular formula is C15H18N2OS2. The van der Waals surface area contributed by atoms with Crippen molar-refractivity contribution in [3.8, 4) is 0 Å². The molecule has 2 heterocycles. The predicted octanol–water partition coefficient (Wildman–Crippen LogP) is 4.14. The molecule has 20 heavy (non-hydrogen) atoms. The molecule has 0 aliphatic heterocycles. The van der Waals surface area contributed by atoms with Gasteiger partial charge in [0.25, 0.3) is 0 Å². The molecule has 0 atom stereocenters. The largest absolute Gasteiger partial charge is 0.340 e. The second-order valence-electron chi connectivity index (χ2n) is 5.35. The number of carbonyl (C=O) groups excluding carboxylic acids is 1. The fourth-order valence-corrected chi connectivity index (χ4v) is 4.37. The highest BCUT2D eigenvalue weighted by Gasteiger charge is 2.25. The Bertz CT molecular complexity index is 601. The first-order chi connectivity index (χ1) is 9.65. The standard InChI is InChI=1S/C15H18N2OS2/c1-10(2)17(9-11-5-4-8-19-11)15-16-14-12(18)6-3-7-13(14)20-15/h4-5,8,10H,3,6-7,9H2,1-2H3. The van der Waals surface area contributed by atoms with Crippen LogP contribution in [0.15, 0.2) is 17.5 Å². The van der Waals surface area contributed by atoms with Crippen LogP contribution in [-0.2, 0) is 13.0 Å². The van der Waals surface area contributed by atoms with E-state index in [1.54, 1.807) is 22.7 Å². The molecule has 106 valence electrons. The van der Waals surface area contributed by atoms with E-state index in [0.717, 1.165) is 30.2 Å². The van der Waals surface area contributed by atoms with Crippen LogP contribution < -0.4 is 4.90 Å². The van der Waals surface area contributed by atoms with Crippen molar-refractivity contribution in [2.45, 2.75) is 45.7 Å². The summed E-state index contributed by atoms with van der Waals surface area (Å²) in [6, 6.07) is 4.60. The fourth-order valence-electron chi connectivity index (χ4n) is 2.42. The highest BCUT2D eigenvalue weighted by Crippen LogP contribution is 2.33. The molecular weight excluding hydrogens is 288 g/mol. The SMILES string of the molecule is CC(C)N(Cc1cccs1)c1nc2c(s1)CCCC2=O. The topological polar surface area (TPSA) is 33.2 Å². The first kappa shape index (κ1) is 13.8. The number of fused-ring (bicyclic) bond motifs is 1. The molecule has 0 aromatic carbocycles. The van der Waals surface area contributed by atoms with Gasteiger partial charge in [0.1, 0.15) is 5.69 Å². The summed E-state index contributed by atoms with van der Waals surface area (Å²) in [4.78, 5) is 21.4. The summed E-state index contributed by atoms with van der Waals surface area (Å²) in [5.74, 6) is 0.216. The van der Waals surface area contributed by atoms with Crippen LogP contribution in [0.3, 0.4) is 0 Å². The Hall–Kier alpha value is -1.20. The molecule has 0 radical (unpaired) electrons. The average Bonchev–Trinajstić information content (AvgIpc) is 3.05. The number of carbonyl (C=O) groups is 1. The zero-order valence-corrected chi connectivity index (χ0v) is 13.4. The summed E-state index contributed by atoms with van der Waals surface area (Å²) in [7, 11) is 0. The van der Waals surface area contributed by atoms with Crippen molar-refractivity contribution in [2.75, 3.05) is 4.90 Å². The smallest absolute Gasteiger partial charge is 0.186 e. The molecule has 0 fully saturated rings. The number of aromatic nitrogens is 1. The Kier molecular flexibility index (Phi) is 3.89. The Morgan fingerprint density at radius 3 is 2.90 bits per heavy atom. The molecule has 0 saturated carbocycles. The number of aryl methyl sites for hydroxylation is 1. The van der Waals surface area contributed by atoms with Crippen LogP contribution in [0.5, 0.6) is 0 Å². The van der Waals surface area contributed by atoms with Crippen LogP contribution in [0.4, 0.5) is 5.13 Å². The third kappa shape index (κ3) is 2.65. The minimum atomic E-state index is 0.216. The highest BCUT2D eigenvalue weighted by molar-refractivity contribution is 7.16. The van der Waals surface area contributed by atoms with Crippen molar-refractivity contribution in [3.63, 3.8) is 0 Å². The van der Waals surface area contributed by atoms with E-state index < -0.39 is 0 Å². The molecule has 1 aliphatic rings. The lowest BCUT2D eigenvalue weighted by molar-refractivity contribution is 0.0968. The van der Waals surface area contributed by atoms with Gasteiger partial charge in [0.2, 0.25) is 0 Å². The Labute approximate surface area is 127 Å². The molecule has 2 aromatic rings. The molecule has 0 spiro atoms. The van der Waals surface area contributed by atoms with Gasteiger partial charge in [-0.15, -0.1) is 22.7 Å². The first-order valence-electron chi connectivity index (χ1n) is 6.97. The van der Waals surface area contributed by atoms with Crippen LogP contribution in [0.1, 0.15) is 46.9 Å². The Morgan fingerprint density at radius 1 is 1.40 bits per heavy atom. The quantitative estimate of drug-likeness (QED) is 0.851. The number of rotatable bonds is 4. The molecule has 0 unspecified atom stereocenters. The van der Waals surface area contributed by atoms with E-state index in [2.05, 4.69) is 41.2 Å². The lowest BCUT2D eigenvalue weighted by atomic mass is 10.0. The maximum Gasteiger partial charge on any atom is 0.186 e. The van der Waals surface area contributed by atoms with E-state index in [9.17, 15) is 4.79 Å². The summed E-state index contributed by atoms with van der Waals surface area (Å²) in [5.41, 5.74) is 0.730. The summed E-state index contributed by atoms with van der Waals surface area (Å²) < 4.78 is 0. The molecule has 0 amide bonds. The summed E-state index contributed by atoms with van der Waals surface area (Å²) in [5, 5.41) is 3.10. The zero-order chi connectivity index (χ0) is 14.1. The van der Waals surface area contributed by atoms with Gasteiger partial charge >= 0.3 is 0 Å². The molecule has 0 N–H and O–H groups in total. The molecule has 0 bridgehead atoms. The van der Waals surface area contributed by atoms with Gasteiger partial charge in [0.05, 0.1) is 6.54 Å². The number of hydrogen-bond acceptors (Lipinski definition) is 5. The number of anilines is 1. The first-order valence-corrected chi connectivity index (χ1v) is 8.66. The highest BCUT2D eigenvalue weighted by atomic mass is 32.1. The minimum Gasteiger partial charge on any atom is -0.340 e. The minimum absolute atomic E-state index is 0.216. The summed E-state index contributed by atoms with van der Waals surface area (Å²) in [6.45, 7) is 5.22. The van der Waals surface area contributed by atoms with Crippen molar-refractivity contribution in [2.24, 2.45) is 0 Å². The second kappa shape index (κ2) is 5.66. The maximum atomic E-state index is 11.9. The monoisotopic (exact) mass is 306 g/mol.